The fraction of sp³-hybridized carbons (Fsp3) is 0.632. The van der Waals surface area contributed by atoms with Crippen LogP contribution in [0.4, 0.5) is 0 Å². The van der Waals surface area contributed by atoms with Crippen molar-refractivity contribution in [2.24, 2.45) is 5.92 Å². The van der Waals surface area contributed by atoms with Crippen molar-refractivity contribution in [3.8, 4) is 5.75 Å². The van der Waals surface area contributed by atoms with Crippen LogP contribution in [0.15, 0.2) is 24.3 Å². The van der Waals surface area contributed by atoms with Gasteiger partial charge in [0.05, 0.1) is 6.61 Å². The number of hydrogen-bond acceptors (Lipinski definition) is 4. The highest BCUT2D eigenvalue weighted by atomic mass is 35.5. The molecule has 0 bridgehead atoms. The van der Waals surface area contributed by atoms with Gasteiger partial charge in [-0.3, -0.25) is 4.79 Å². The molecule has 1 N–H and O–H groups in total. The Morgan fingerprint density at radius 3 is 2.40 bits per heavy atom. The van der Waals surface area contributed by atoms with Crippen molar-refractivity contribution in [3.63, 3.8) is 0 Å². The summed E-state index contributed by atoms with van der Waals surface area (Å²) >= 11 is 0. The smallest absolute Gasteiger partial charge is 0.253 e. The molecule has 3 rings (SSSR count). The lowest BCUT2D eigenvalue weighted by atomic mass is 10.0. The van der Waals surface area contributed by atoms with Crippen LogP contribution in [0.1, 0.15) is 36.0 Å². The van der Waals surface area contributed by atoms with E-state index in [9.17, 15) is 4.79 Å². The summed E-state index contributed by atoms with van der Waals surface area (Å²) in [6, 6.07) is 7.98. The molecule has 1 saturated heterocycles. The second-order valence-electron chi connectivity index (χ2n) is 6.78. The maximum atomic E-state index is 12.6. The summed E-state index contributed by atoms with van der Waals surface area (Å²) in [7, 11) is 1.65. The largest absolute Gasteiger partial charge is 0.491 e. The number of halogens is 1. The molecule has 1 amide bonds. The third-order valence-electron chi connectivity index (χ3n) is 4.83. The van der Waals surface area contributed by atoms with E-state index in [1.54, 1.807) is 7.11 Å². The Balaban J connectivity index is 0.00000225. The Kier molecular flexibility index (Phi) is 8.00. The zero-order valence-electron chi connectivity index (χ0n) is 14.9. The average Bonchev–Trinajstić information content (AvgIpc) is 3.45. The zero-order valence-corrected chi connectivity index (χ0v) is 15.7. The molecule has 1 aliphatic carbocycles. The topological polar surface area (TPSA) is 50.8 Å². The first kappa shape index (κ1) is 20.0. The zero-order chi connectivity index (χ0) is 16.8. The second kappa shape index (κ2) is 10.00. The number of methoxy groups -OCH3 is 1. The van der Waals surface area contributed by atoms with Crippen molar-refractivity contribution in [1.82, 2.24) is 10.2 Å². The van der Waals surface area contributed by atoms with Gasteiger partial charge in [-0.1, -0.05) is 0 Å². The van der Waals surface area contributed by atoms with Crippen LogP contribution in [0, 0.1) is 5.92 Å². The minimum absolute atomic E-state index is 0. The minimum Gasteiger partial charge on any atom is -0.491 e. The van der Waals surface area contributed by atoms with Gasteiger partial charge in [-0.15, -0.1) is 12.4 Å². The highest BCUT2D eigenvalue weighted by molar-refractivity contribution is 5.94. The predicted molar refractivity (Wildman–Crippen MR) is 101 cm³/mol. The third-order valence-corrected chi connectivity index (χ3v) is 4.83. The van der Waals surface area contributed by atoms with Gasteiger partial charge < -0.3 is 19.7 Å². The summed E-state index contributed by atoms with van der Waals surface area (Å²) in [5.74, 6) is 1.81. The third kappa shape index (κ3) is 6.17. The van der Waals surface area contributed by atoms with Crippen LogP contribution in [0.25, 0.3) is 0 Å². The molecule has 1 aliphatic heterocycles. The van der Waals surface area contributed by atoms with Crippen molar-refractivity contribution >= 4 is 18.3 Å². The molecule has 1 saturated carbocycles. The Bertz CT molecular complexity index is 526. The molecule has 1 heterocycles. The molecule has 0 radical (unpaired) electrons. The monoisotopic (exact) mass is 368 g/mol. The van der Waals surface area contributed by atoms with Crippen molar-refractivity contribution in [2.75, 3.05) is 40.0 Å². The summed E-state index contributed by atoms with van der Waals surface area (Å²) < 4.78 is 10.5. The van der Waals surface area contributed by atoms with Crippen LogP contribution in [0.5, 0.6) is 5.75 Å². The molecule has 0 atom stereocenters. The molecule has 1 aromatic rings. The number of piperidine rings is 1. The Morgan fingerprint density at radius 2 is 1.80 bits per heavy atom. The fourth-order valence-electron chi connectivity index (χ4n) is 3.06. The number of carbonyl (C=O) groups excluding carboxylic acids is 1. The second-order valence-corrected chi connectivity index (χ2v) is 6.78. The molecule has 2 fully saturated rings. The van der Waals surface area contributed by atoms with Gasteiger partial charge in [0.15, 0.2) is 0 Å². The first-order valence-electron chi connectivity index (χ1n) is 9.00. The lowest BCUT2D eigenvalue weighted by Gasteiger charge is -2.32. The molecular formula is C19H29ClN2O3. The van der Waals surface area contributed by atoms with E-state index in [-0.39, 0.29) is 18.3 Å². The molecule has 2 aliphatic rings. The molecule has 0 unspecified atom stereocenters. The van der Waals surface area contributed by atoms with E-state index in [0.29, 0.717) is 19.3 Å². The highest BCUT2D eigenvalue weighted by Gasteiger charge is 2.26. The van der Waals surface area contributed by atoms with Gasteiger partial charge in [0.1, 0.15) is 12.4 Å². The fourth-order valence-corrected chi connectivity index (χ4v) is 3.06. The van der Waals surface area contributed by atoms with Gasteiger partial charge in [0, 0.05) is 31.8 Å². The quantitative estimate of drug-likeness (QED) is 0.717. The van der Waals surface area contributed by atoms with Gasteiger partial charge in [0.25, 0.3) is 5.91 Å². The maximum Gasteiger partial charge on any atom is 0.253 e. The van der Waals surface area contributed by atoms with Crippen molar-refractivity contribution in [2.45, 2.75) is 31.7 Å². The predicted octanol–water partition coefficient (Wildman–Crippen LogP) is 2.74. The molecule has 25 heavy (non-hydrogen) atoms. The number of carbonyl (C=O) groups is 1. The summed E-state index contributed by atoms with van der Waals surface area (Å²) in [5, 5.41) is 3.65. The van der Waals surface area contributed by atoms with Crippen LogP contribution in [0.3, 0.4) is 0 Å². The number of amides is 1. The normalized spacial score (nSPS) is 17.9. The molecule has 0 aromatic heterocycles. The van der Waals surface area contributed by atoms with Gasteiger partial charge in [0.2, 0.25) is 0 Å². The number of rotatable bonds is 8. The van der Waals surface area contributed by atoms with E-state index in [1.165, 1.54) is 12.8 Å². The van der Waals surface area contributed by atoms with Crippen LogP contribution in [-0.4, -0.2) is 56.8 Å². The molecular weight excluding hydrogens is 340 g/mol. The van der Waals surface area contributed by atoms with Crippen LogP contribution >= 0.6 is 12.4 Å². The number of ether oxygens (including phenoxy) is 2. The average molecular weight is 369 g/mol. The SMILES string of the molecule is COCCOc1ccc(C(=O)N2CCC(NCC3CC3)CC2)cc1.Cl. The molecule has 5 nitrogen and oxygen atoms in total. The molecule has 6 heteroatoms. The van der Waals surface area contributed by atoms with Crippen molar-refractivity contribution in [3.05, 3.63) is 29.8 Å². The number of benzene rings is 1. The summed E-state index contributed by atoms with van der Waals surface area (Å²) in [6.07, 6.45) is 4.87. The maximum absolute atomic E-state index is 12.6. The van der Waals surface area contributed by atoms with Crippen molar-refractivity contribution < 1.29 is 14.3 Å². The summed E-state index contributed by atoms with van der Waals surface area (Å²) in [4.78, 5) is 14.6. The number of hydrogen-bond donors (Lipinski definition) is 1. The van der Waals surface area contributed by atoms with Crippen LogP contribution in [0.2, 0.25) is 0 Å². The Morgan fingerprint density at radius 1 is 1.12 bits per heavy atom. The molecule has 140 valence electrons. The Hall–Kier alpha value is -1.30. The van der Waals surface area contributed by atoms with E-state index in [1.807, 2.05) is 29.2 Å². The van der Waals surface area contributed by atoms with E-state index < -0.39 is 0 Å². The number of nitrogens with zero attached hydrogens (tertiary/aromatic N) is 1. The summed E-state index contributed by atoms with van der Waals surface area (Å²) in [6.45, 7) is 3.92. The van der Waals surface area contributed by atoms with E-state index in [2.05, 4.69) is 5.32 Å². The van der Waals surface area contributed by atoms with Gasteiger partial charge >= 0.3 is 0 Å². The van der Waals surface area contributed by atoms with Gasteiger partial charge in [-0.25, -0.2) is 0 Å². The lowest BCUT2D eigenvalue weighted by Crippen LogP contribution is -2.45. The van der Waals surface area contributed by atoms with Crippen molar-refractivity contribution in [1.29, 1.82) is 0 Å². The first-order valence-corrected chi connectivity index (χ1v) is 9.00. The number of likely N-dealkylation sites (tertiary alicyclic amines) is 1. The van der Waals surface area contributed by atoms with Gasteiger partial charge in [-0.2, -0.15) is 0 Å². The van der Waals surface area contributed by atoms with Gasteiger partial charge in [-0.05, 0) is 62.4 Å². The first-order chi connectivity index (χ1) is 11.8. The molecule has 1 aromatic carbocycles. The number of nitrogens with one attached hydrogen (secondary N) is 1. The minimum atomic E-state index is 0. The Labute approximate surface area is 156 Å². The lowest BCUT2D eigenvalue weighted by molar-refractivity contribution is 0.0705. The van der Waals surface area contributed by atoms with E-state index in [0.717, 1.165) is 49.7 Å². The highest BCUT2D eigenvalue weighted by Crippen LogP contribution is 2.28. The standard InChI is InChI=1S/C19H28N2O3.ClH/c1-23-12-13-24-18-6-4-16(5-7-18)19(22)21-10-8-17(9-11-21)20-14-15-2-3-15;/h4-7,15,17,20H,2-3,8-14H2,1H3;1H. The molecule has 0 spiro atoms. The van der Waals surface area contributed by atoms with Crippen LogP contribution < -0.4 is 10.1 Å². The van der Waals surface area contributed by atoms with E-state index >= 15 is 0 Å². The van der Waals surface area contributed by atoms with Crippen LogP contribution in [-0.2, 0) is 4.74 Å². The summed E-state index contributed by atoms with van der Waals surface area (Å²) in [5.41, 5.74) is 0.735. The van der Waals surface area contributed by atoms with E-state index in [4.69, 9.17) is 9.47 Å².